The molecule has 0 saturated heterocycles. The molecule has 166 valence electrons. The van der Waals surface area contributed by atoms with Crippen LogP contribution in [0.4, 0.5) is 5.69 Å². The molecule has 4 rings (SSSR count). The molecule has 8 nitrogen and oxygen atoms in total. The number of hydrogen-bond acceptors (Lipinski definition) is 7. The van der Waals surface area contributed by atoms with Crippen molar-refractivity contribution in [2.45, 2.75) is 24.3 Å². The number of aromatic nitrogens is 2. The number of carbonyl (C=O) groups is 1. The van der Waals surface area contributed by atoms with Gasteiger partial charge in [0, 0.05) is 28.8 Å². The van der Waals surface area contributed by atoms with Crippen LogP contribution in [0.1, 0.15) is 16.8 Å². The Morgan fingerprint density at radius 2 is 2.00 bits per heavy atom. The van der Waals surface area contributed by atoms with Crippen molar-refractivity contribution in [3.05, 3.63) is 69.6 Å². The van der Waals surface area contributed by atoms with Gasteiger partial charge in [0.15, 0.2) is 16.7 Å². The predicted molar refractivity (Wildman–Crippen MR) is 122 cm³/mol. The minimum absolute atomic E-state index is 0.0799. The Kier molecular flexibility index (Phi) is 6.65. The summed E-state index contributed by atoms with van der Waals surface area (Å²) in [5.41, 5.74) is 2.18. The number of nitrogens with one attached hydrogen (secondary N) is 2. The zero-order chi connectivity index (χ0) is 22.5. The molecule has 0 fully saturated rings. The van der Waals surface area contributed by atoms with Gasteiger partial charge in [0.1, 0.15) is 19.0 Å². The Balaban J connectivity index is 1.40. The number of thioether (sulfide) groups is 1. The third kappa shape index (κ3) is 5.23. The van der Waals surface area contributed by atoms with Crippen LogP contribution < -0.4 is 25.1 Å². The summed E-state index contributed by atoms with van der Waals surface area (Å²) in [5.74, 6) is 2.33. The van der Waals surface area contributed by atoms with Gasteiger partial charge in [-0.25, -0.2) is 4.98 Å². The maximum absolute atomic E-state index is 12.6. The summed E-state index contributed by atoms with van der Waals surface area (Å²) >= 11 is 1.42. The summed E-state index contributed by atoms with van der Waals surface area (Å²) in [5, 5.41) is 3.30. The number of carbonyl (C=O) groups excluding carboxylic acids is 1. The number of methoxy groups -OCH3 is 1. The van der Waals surface area contributed by atoms with Crippen molar-refractivity contribution in [3.63, 3.8) is 0 Å². The Morgan fingerprint density at radius 3 is 2.78 bits per heavy atom. The minimum Gasteiger partial charge on any atom is -0.497 e. The van der Waals surface area contributed by atoms with Gasteiger partial charge in [-0.2, -0.15) is 0 Å². The topological polar surface area (TPSA) is 103 Å². The monoisotopic (exact) mass is 453 g/mol. The summed E-state index contributed by atoms with van der Waals surface area (Å²) in [7, 11) is 1.62. The van der Waals surface area contributed by atoms with Gasteiger partial charge >= 0.3 is 0 Å². The zero-order valence-corrected chi connectivity index (χ0v) is 18.6. The molecule has 0 atom stereocenters. The molecule has 2 heterocycles. The minimum atomic E-state index is -0.317. The molecule has 3 aromatic rings. The van der Waals surface area contributed by atoms with E-state index in [2.05, 4.69) is 15.3 Å². The third-order valence-electron chi connectivity index (χ3n) is 4.87. The number of aryl methyl sites for hydroxylation is 1. The number of ether oxygens (including phenoxy) is 3. The second-order valence-corrected chi connectivity index (χ2v) is 8.12. The molecule has 0 aliphatic carbocycles. The van der Waals surface area contributed by atoms with Crippen molar-refractivity contribution < 1.29 is 19.0 Å². The van der Waals surface area contributed by atoms with E-state index < -0.39 is 0 Å². The van der Waals surface area contributed by atoms with E-state index >= 15 is 0 Å². The summed E-state index contributed by atoms with van der Waals surface area (Å²) in [4.78, 5) is 32.4. The number of benzene rings is 2. The number of fused-ring (bicyclic) bond motifs is 1. The Hall–Kier alpha value is -3.46. The molecule has 0 saturated carbocycles. The molecule has 1 amide bonds. The lowest BCUT2D eigenvalue weighted by Crippen LogP contribution is -2.24. The standard InChI is InChI=1S/C23H23N3O5S/c1-14-18(12-21(27)25-16-6-7-19-20(11-16)31-9-8-30-19)22(28)26-23(24-14)32-13-15-4-3-5-17(10-15)29-2/h3-7,10-11H,8-9,12-13H2,1-2H3,(H,25,27)(H,24,26,28). The van der Waals surface area contributed by atoms with Crippen LogP contribution in [0.3, 0.4) is 0 Å². The van der Waals surface area contributed by atoms with Gasteiger partial charge in [0.25, 0.3) is 5.56 Å². The number of aromatic amines is 1. The maximum Gasteiger partial charge on any atom is 0.255 e. The summed E-state index contributed by atoms with van der Waals surface area (Å²) in [6.45, 7) is 2.70. The van der Waals surface area contributed by atoms with Crippen LogP contribution in [0.15, 0.2) is 52.4 Å². The van der Waals surface area contributed by atoms with Gasteiger partial charge in [-0.1, -0.05) is 23.9 Å². The van der Waals surface area contributed by atoms with Gasteiger partial charge in [0.2, 0.25) is 5.91 Å². The third-order valence-corrected chi connectivity index (χ3v) is 5.82. The molecular formula is C23H23N3O5S. The van der Waals surface area contributed by atoms with E-state index in [4.69, 9.17) is 14.2 Å². The highest BCUT2D eigenvalue weighted by Gasteiger charge is 2.16. The fourth-order valence-electron chi connectivity index (χ4n) is 3.26. The average molecular weight is 454 g/mol. The van der Waals surface area contributed by atoms with E-state index in [1.807, 2.05) is 24.3 Å². The number of rotatable bonds is 7. The number of anilines is 1. The molecule has 1 aliphatic heterocycles. The van der Waals surface area contributed by atoms with Crippen molar-refractivity contribution in [3.8, 4) is 17.2 Å². The largest absolute Gasteiger partial charge is 0.497 e. The first-order chi connectivity index (χ1) is 15.5. The highest BCUT2D eigenvalue weighted by molar-refractivity contribution is 7.98. The van der Waals surface area contributed by atoms with Crippen LogP contribution in [-0.2, 0) is 17.0 Å². The number of H-pyrrole nitrogens is 1. The molecule has 0 unspecified atom stereocenters. The predicted octanol–water partition coefficient (Wildman–Crippen LogP) is 3.33. The van der Waals surface area contributed by atoms with Crippen LogP contribution in [-0.4, -0.2) is 36.2 Å². The van der Waals surface area contributed by atoms with Crippen molar-refractivity contribution in [1.29, 1.82) is 0 Å². The Morgan fingerprint density at radius 1 is 1.19 bits per heavy atom. The first-order valence-corrected chi connectivity index (χ1v) is 11.1. The lowest BCUT2D eigenvalue weighted by Gasteiger charge is -2.19. The summed E-state index contributed by atoms with van der Waals surface area (Å²) in [6.07, 6.45) is -0.0799. The fourth-order valence-corrected chi connectivity index (χ4v) is 4.11. The fraction of sp³-hybridized carbons (Fsp3) is 0.261. The molecule has 2 aromatic carbocycles. The summed E-state index contributed by atoms with van der Waals surface area (Å²) in [6, 6.07) is 12.9. The van der Waals surface area contributed by atoms with Crippen LogP contribution in [0.25, 0.3) is 0 Å². The Labute approximate surface area is 189 Å². The van der Waals surface area contributed by atoms with Gasteiger partial charge in [0.05, 0.1) is 13.5 Å². The van der Waals surface area contributed by atoms with E-state index in [1.54, 1.807) is 32.2 Å². The number of hydrogen-bond donors (Lipinski definition) is 2. The van der Waals surface area contributed by atoms with Gasteiger partial charge in [-0.3, -0.25) is 9.59 Å². The van der Waals surface area contributed by atoms with Crippen LogP contribution in [0, 0.1) is 6.92 Å². The van der Waals surface area contributed by atoms with Crippen LogP contribution in [0.2, 0.25) is 0 Å². The highest BCUT2D eigenvalue weighted by Crippen LogP contribution is 2.32. The van der Waals surface area contributed by atoms with E-state index in [1.165, 1.54) is 11.8 Å². The molecule has 1 aliphatic rings. The second kappa shape index (κ2) is 9.78. The number of amides is 1. The summed E-state index contributed by atoms with van der Waals surface area (Å²) < 4.78 is 16.2. The molecular weight excluding hydrogens is 430 g/mol. The van der Waals surface area contributed by atoms with Crippen LogP contribution in [0.5, 0.6) is 17.2 Å². The smallest absolute Gasteiger partial charge is 0.255 e. The molecule has 1 aromatic heterocycles. The molecule has 0 bridgehead atoms. The zero-order valence-electron chi connectivity index (χ0n) is 17.8. The molecule has 0 spiro atoms. The highest BCUT2D eigenvalue weighted by atomic mass is 32.2. The van der Waals surface area contributed by atoms with Crippen molar-refractivity contribution in [2.75, 3.05) is 25.6 Å². The normalized spacial score (nSPS) is 12.3. The van der Waals surface area contributed by atoms with Crippen molar-refractivity contribution in [1.82, 2.24) is 9.97 Å². The lowest BCUT2D eigenvalue weighted by molar-refractivity contribution is -0.115. The van der Waals surface area contributed by atoms with Crippen molar-refractivity contribution in [2.24, 2.45) is 0 Å². The second-order valence-electron chi connectivity index (χ2n) is 7.16. The molecule has 2 N–H and O–H groups in total. The first kappa shape index (κ1) is 21.8. The lowest BCUT2D eigenvalue weighted by atomic mass is 10.1. The van der Waals surface area contributed by atoms with Gasteiger partial charge in [-0.05, 0) is 36.8 Å². The van der Waals surface area contributed by atoms with E-state index in [0.717, 1.165) is 11.3 Å². The van der Waals surface area contributed by atoms with Crippen LogP contribution >= 0.6 is 11.8 Å². The van der Waals surface area contributed by atoms with E-state index in [-0.39, 0.29) is 17.9 Å². The van der Waals surface area contributed by atoms with E-state index in [9.17, 15) is 9.59 Å². The first-order valence-electron chi connectivity index (χ1n) is 10.1. The van der Waals surface area contributed by atoms with Gasteiger partial charge in [-0.15, -0.1) is 0 Å². The Bertz CT molecular complexity index is 1190. The maximum atomic E-state index is 12.6. The quantitative estimate of drug-likeness (QED) is 0.418. The van der Waals surface area contributed by atoms with Crippen molar-refractivity contribution >= 4 is 23.4 Å². The van der Waals surface area contributed by atoms with Gasteiger partial charge < -0.3 is 24.5 Å². The molecule has 9 heteroatoms. The van der Waals surface area contributed by atoms with E-state index in [0.29, 0.717) is 52.6 Å². The average Bonchev–Trinajstić information content (AvgIpc) is 2.80. The number of nitrogens with zero attached hydrogens (tertiary/aromatic N) is 1. The SMILES string of the molecule is COc1cccc(CSc2nc(C)c(CC(=O)Nc3ccc4c(c3)OCCO4)c(=O)[nH]2)c1. The molecule has 0 radical (unpaired) electrons. The molecule has 32 heavy (non-hydrogen) atoms.